The molecule has 134 valence electrons. The lowest BCUT2D eigenvalue weighted by Gasteiger charge is -2.33. The van der Waals surface area contributed by atoms with Gasteiger partial charge < -0.3 is 5.32 Å². The topological polar surface area (TPSA) is 59.8 Å². The number of allylic oxidation sites excluding steroid dienone is 2. The van der Waals surface area contributed by atoms with Crippen LogP contribution < -0.4 is 5.32 Å². The van der Waals surface area contributed by atoms with Crippen molar-refractivity contribution in [3.05, 3.63) is 77.4 Å². The van der Waals surface area contributed by atoms with E-state index in [1.54, 1.807) is 6.20 Å². The maximum Gasteiger partial charge on any atom is 0.163 e. The third-order valence-corrected chi connectivity index (χ3v) is 5.39. The van der Waals surface area contributed by atoms with Crippen molar-refractivity contribution in [2.75, 3.05) is 5.32 Å². The number of nitrogens with zero attached hydrogens (tertiary/aromatic N) is 3. The Bertz CT molecular complexity index is 1050. The molecule has 5 nitrogen and oxygen atoms in total. The molecule has 2 aromatic heterocycles. The van der Waals surface area contributed by atoms with Crippen LogP contribution >= 0.6 is 0 Å². The van der Waals surface area contributed by atoms with E-state index in [-0.39, 0.29) is 11.8 Å². The first-order valence-electron chi connectivity index (χ1n) is 9.32. The number of aryl methyl sites for hydroxylation is 1. The average molecular weight is 356 g/mol. The van der Waals surface area contributed by atoms with Crippen LogP contribution in [0.4, 0.5) is 5.82 Å². The third kappa shape index (κ3) is 2.50. The minimum Gasteiger partial charge on any atom is -0.343 e. The van der Waals surface area contributed by atoms with Crippen molar-refractivity contribution in [3.8, 4) is 11.1 Å². The second-order valence-corrected chi connectivity index (χ2v) is 7.10. The smallest absolute Gasteiger partial charge is 0.163 e. The molecule has 0 fully saturated rings. The summed E-state index contributed by atoms with van der Waals surface area (Å²) in [6.07, 6.45) is 5.96. The van der Waals surface area contributed by atoms with E-state index in [9.17, 15) is 4.79 Å². The molecule has 0 bridgehead atoms. The van der Waals surface area contributed by atoms with Crippen LogP contribution in [-0.4, -0.2) is 20.5 Å². The lowest BCUT2D eigenvalue weighted by Crippen LogP contribution is -2.31. The van der Waals surface area contributed by atoms with Crippen LogP contribution in [0.3, 0.4) is 0 Å². The van der Waals surface area contributed by atoms with E-state index in [2.05, 4.69) is 22.4 Å². The molecule has 1 N–H and O–H groups in total. The monoisotopic (exact) mass is 356 g/mol. The number of hydrogen-bond donors (Lipinski definition) is 1. The lowest BCUT2D eigenvalue weighted by molar-refractivity contribution is -0.116. The van der Waals surface area contributed by atoms with Crippen molar-refractivity contribution in [3.63, 3.8) is 0 Å². The molecule has 0 saturated heterocycles. The Kier molecular flexibility index (Phi) is 3.67. The molecule has 5 heteroatoms. The number of carbonyl (C=O) groups is 1. The molecule has 0 unspecified atom stereocenters. The van der Waals surface area contributed by atoms with Gasteiger partial charge in [0, 0.05) is 35.6 Å². The van der Waals surface area contributed by atoms with Crippen molar-refractivity contribution in [1.29, 1.82) is 0 Å². The summed E-state index contributed by atoms with van der Waals surface area (Å²) in [4.78, 5) is 17.1. The first-order chi connectivity index (χ1) is 13.2. The van der Waals surface area contributed by atoms with Crippen molar-refractivity contribution in [1.82, 2.24) is 14.8 Å². The fourth-order valence-corrected chi connectivity index (χ4v) is 4.23. The lowest BCUT2D eigenvalue weighted by atomic mass is 9.85. The molecular formula is C22H20N4O. The molecule has 5 rings (SSSR count). The second-order valence-electron chi connectivity index (χ2n) is 7.10. The Morgan fingerprint density at radius 2 is 1.96 bits per heavy atom. The molecule has 1 aliphatic carbocycles. The number of nitrogens with one attached hydrogen (secondary N) is 1. The molecule has 1 aromatic carbocycles. The zero-order valence-electron chi connectivity index (χ0n) is 15.1. The molecule has 2 aliphatic rings. The minimum absolute atomic E-state index is 0.206. The van der Waals surface area contributed by atoms with E-state index < -0.39 is 0 Å². The molecule has 3 heterocycles. The van der Waals surface area contributed by atoms with E-state index in [0.29, 0.717) is 6.42 Å². The molecule has 1 aliphatic heterocycles. The highest BCUT2D eigenvalue weighted by Gasteiger charge is 2.37. The number of ketones is 1. The zero-order valence-corrected chi connectivity index (χ0v) is 15.1. The maximum absolute atomic E-state index is 12.8. The van der Waals surface area contributed by atoms with Crippen LogP contribution in [0, 0.1) is 6.92 Å². The summed E-state index contributed by atoms with van der Waals surface area (Å²) in [7, 11) is 0. The molecular weight excluding hydrogens is 336 g/mol. The summed E-state index contributed by atoms with van der Waals surface area (Å²) >= 11 is 0. The number of benzene rings is 1. The normalized spacial score (nSPS) is 18.7. The highest BCUT2D eigenvalue weighted by Crippen LogP contribution is 2.44. The maximum atomic E-state index is 12.8. The van der Waals surface area contributed by atoms with Gasteiger partial charge in [0.15, 0.2) is 5.78 Å². The number of pyridine rings is 1. The van der Waals surface area contributed by atoms with Gasteiger partial charge in [0.1, 0.15) is 11.9 Å². The average Bonchev–Trinajstić information content (AvgIpc) is 3.03. The fraction of sp³-hybridized carbons (Fsp3) is 0.227. The predicted molar refractivity (Wildman–Crippen MR) is 104 cm³/mol. The van der Waals surface area contributed by atoms with Gasteiger partial charge in [-0.2, -0.15) is 5.10 Å². The molecule has 0 spiro atoms. The Hall–Kier alpha value is -3.21. The molecule has 0 saturated carbocycles. The third-order valence-electron chi connectivity index (χ3n) is 5.39. The number of rotatable bonds is 2. The van der Waals surface area contributed by atoms with Gasteiger partial charge in [-0.05, 0) is 37.0 Å². The first-order valence-corrected chi connectivity index (χ1v) is 9.32. The van der Waals surface area contributed by atoms with E-state index in [1.807, 2.05) is 48.1 Å². The van der Waals surface area contributed by atoms with Gasteiger partial charge in [-0.3, -0.25) is 9.78 Å². The van der Waals surface area contributed by atoms with Gasteiger partial charge >= 0.3 is 0 Å². The first kappa shape index (κ1) is 16.0. The number of hydrogen-bond acceptors (Lipinski definition) is 4. The standard InChI is InChI=1S/C22H20N4O/c1-14-19(15-7-3-2-4-8-15)22-24-17-10-5-11-18(27)20(17)21(26(22)25-14)16-9-6-12-23-13-16/h2-4,6-9,12-13,21,24H,5,10-11H2,1H3/t21-/m0/s1. The molecule has 27 heavy (non-hydrogen) atoms. The van der Waals surface area contributed by atoms with Gasteiger partial charge in [-0.25, -0.2) is 4.68 Å². The summed E-state index contributed by atoms with van der Waals surface area (Å²) in [5.74, 6) is 1.17. The number of fused-ring (bicyclic) bond motifs is 1. The summed E-state index contributed by atoms with van der Waals surface area (Å²) in [5.41, 5.74) is 6.03. The fourth-order valence-electron chi connectivity index (χ4n) is 4.23. The molecule has 0 amide bonds. The molecule has 0 radical (unpaired) electrons. The predicted octanol–water partition coefficient (Wildman–Crippen LogP) is 4.28. The van der Waals surface area contributed by atoms with Crippen molar-refractivity contribution >= 4 is 11.6 Å². The van der Waals surface area contributed by atoms with Crippen molar-refractivity contribution in [2.24, 2.45) is 0 Å². The van der Waals surface area contributed by atoms with Gasteiger partial charge in [0.2, 0.25) is 0 Å². The largest absolute Gasteiger partial charge is 0.343 e. The summed E-state index contributed by atoms with van der Waals surface area (Å²) in [6, 6.07) is 14.0. The Morgan fingerprint density at radius 3 is 2.74 bits per heavy atom. The second kappa shape index (κ2) is 6.20. The quantitative estimate of drug-likeness (QED) is 0.745. The van der Waals surface area contributed by atoms with Crippen LogP contribution in [0.15, 0.2) is 66.1 Å². The highest BCUT2D eigenvalue weighted by atomic mass is 16.1. The summed E-state index contributed by atoms with van der Waals surface area (Å²) in [5, 5.41) is 8.41. The van der Waals surface area contributed by atoms with Crippen molar-refractivity contribution < 1.29 is 4.79 Å². The van der Waals surface area contributed by atoms with Crippen LogP contribution in [0.5, 0.6) is 0 Å². The molecule has 1 atom stereocenters. The van der Waals surface area contributed by atoms with Crippen LogP contribution in [-0.2, 0) is 4.79 Å². The van der Waals surface area contributed by atoms with Crippen LogP contribution in [0.2, 0.25) is 0 Å². The van der Waals surface area contributed by atoms with E-state index >= 15 is 0 Å². The van der Waals surface area contributed by atoms with E-state index in [0.717, 1.165) is 52.3 Å². The number of carbonyl (C=O) groups excluding carboxylic acids is 1. The SMILES string of the molecule is Cc1nn2c(c1-c1ccccc1)NC1=C(C(=O)CCC1)[C@@H]2c1cccnc1. The van der Waals surface area contributed by atoms with E-state index in [1.165, 1.54) is 0 Å². The molecule has 3 aromatic rings. The highest BCUT2D eigenvalue weighted by molar-refractivity contribution is 6.00. The Labute approximate surface area is 157 Å². The van der Waals surface area contributed by atoms with Gasteiger partial charge in [0.05, 0.1) is 5.69 Å². The summed E-state index contributed by atoms with van der Waals surface area (Å²) < 4.78 is 1.97. The van der Waals surface area contributed by atoms with Gasteiger partial charge in [-0.1, -0.05) is 36.4 Å². The van der Waals surface area contributed by atoms with Gasteiger partial charge in [0.25, 0.3) is 0 Å². The van der Waals surface area contributed by atoms with Crippen LogP contribution in [0.1, 0.15) is 36.6 Å². The number of Topliss-reactive ketones (excluding diaryl/α,β-unsaturated/α-hetero) is 1. The Morgan fingerprint density at radius 1 is 1.11 bits per heavy atom. The van der Waals surface area contributed by atoms with Crippen LogP contribution in [0.25, 0.3) is 11.1 Å². The van der Waals surface area contributed by atoms with Gasteiger partial charge in [-0.15, -0.1) is 0 Å². The minimum atomic E-state index is -0.228. The summed E-state index contributed by atoms with van der Waals surface area (Å²) in [6.45, 7) is 2.02. The van der Waals surface area contributed by atoms with Crippen molar-refractivity contribution in [2.45, 2.75) is 32.2 Å². The Balaban J connectivity index is 1.76. The zero-order chi connectivity index (χ0) is 18.4. The van der Waals surface area contributed by atoms with E-state index in [4.69, 9.17) is 5.10 Å². The number of aromatic nitrogens is 3. The number of anilines is 1.